The van der Waals surface area contributed by atoms with E-state index in [0.717, 1.165) is 4.90 Å². The summed E-state index contributed by atoms with van der Waals surface area (Å²) in [5.41, 5.74) is 4.48. The second kappa shape index (κ2) is 5.95. The zero-order valence-corrected chi connectivity index (χ0v) is 16.0. The minimum Gasteiger partial charge on any atom is -0.480 e. The molecule has 3 aliphatic rings. The monoisotopic (exact) mass is 393 g/mol. The van der Waals surface area contributed by atoms with Gasteiger partial charge in [0, 0.05) is 24.1 Å². The predicted octanol–water partition coefficient (Wildman–Crippen LogP) is 1.72. The van der Waals surface area contributed by atoms with Crippen LogP contribution in [-0.2, 0) is 24.5 Å². The zero-order chi connectivity index (χ0) is 21.1. The third-order valence-electron chi connectivity index (χ3n) is 5.64. The van der Waals surface area contributed by atoms with Crippen molar-refractivity contribution in [3.05, 3.63) is 52.6 Å². The number of benzene rings is 1. The van der Waals surface area contributed by atoms with E-state index in [1.165, 1.54) is 0 Å². The molecule has 0 fully saturated rings. The van der Waals surface area contributed by atoms with Crippen molar-refractivity contribution in [2.75, 3.05) is 11.4 Å². The SMILES string of the molecule is CC1(C)CC(=O)C2=C(C1)OC(N)=C(C#N)[C@]21C(=O)N(CC(=O)O)c2ccccc21. The van der Waals surface area contributed by atoms with Crippen molar-refractivity contribution in [1.29, 1.82) is 5.26 Å². The van der Waals surface area contributed by atoms with E-state index in [0.29, 0.717) is 17.7 Å². The summed E-state index contributed by atoms with van der Waals surface area (Å²) in [7, 11) is 0. The second-order valence-electron chi connectivity index (χ2n) is 8.24. The van der Waals surface area contributed by atoms with Gasteiger partial charge in [-0.2, -0.15) is 5.26 Å². The van der Waals surface area contributed by atoms with Gasteiger partial charge in [-0.25, -0.2) is 0 Å². The van der Waals surface area contributed by atoms with E-state index in [1.807, 2.05) is 19.9 Å². The van der Waals surface area contributed by atoms with Gasteiger partial charge >= 0.3 is 5.97 Å². The number of nitrogens with two attached hydrogens (primary N) is 1. The third kappa shape index (κ3) is 2.40. The van der Waals surface area contributed by atoms with Gasteiger partial charge in [0.2, 0.25) is 11.8 Å². The molecule has 0 bridgehead atoms. The summed E-state index contributed by atoms with van der Waals surface area (Å²) >= 11 is 0. The fourth-order valence-electron chi connectivity index (χ4n) is 4.63. The van der Waals surface area contributed by atoms with Crippen molar-refractivity contribution in [2.45, 2.75) is 32.1 Å². The van der Waals surface area contributed by atoms with Crippen molar-refractivity contribution >= 4 is 23.3 Å². The van der Waals surface area contributed by atoms with Crippen LogP contribution in [-0.4, -0.2) is 29.3 Å². The third-order valence-corrected chi connectivity index (χ3v) is 5.64. The van der Waals surface area contributed by atoms with Gasteiger partial charge < -0.3 is 15.6 Å². The number of nitrogens with zero attached hydrogens (tertiary/aromatic N) is 2. The number of nitriles is 1. The maximum Gasteiger partial charge on any atom is 0.323 e. The Balaban J connectivity index is 2.08. The molecule has 1 spiro atoms. The maximum atomic E-state index is 13.7. The van der Waals surface area contributed by atoms with Gasteiger partial charge in [-0.3, -0.25) is 19.3 Å². The number of amides is 1. The number of anilines is 1. The summed E-state index contributed by atoms with van der Waals surface area (Å²) < 4.78 is 5.67. The van der Waals surface area contributed by atoms with E-state index in [4.69, 9.17) is 10.5 Å². The van der Waals surface area contributed by atoms with Crippen LogP contribution in [0.25, 0.3) is 0 Å². The van der Waals surface area contributed by atoms with E-state index < -0.39 is 29.3 Å². The smallest absolute Gasteiger partial charge is 0.323 e. The van der Waals surface area contributed by atoms with Crippen molar-refractivity contribution in [3.63, 3.8) is 0 Å². The first kappa shape index (κ1) is 18.7. The van der Waals surface area contributed by atoms with Gasteiger partial charge in [0.05, 0.1) is 5.57 Å². The number of hydrogen-bond acceptors (Lipinski definition) is 6. The van der Waals surface area contributed by atoms with Gasteiger partial charge in [0.25, 0.3) is 0 Å². The van der Waals surface area contributed by atoms with Crippen molar-refractivity contribution < 1.29 is 24.2 Å². The number of carboxylic acid groups (broad SMARTS) is 1. The number of ketones is 1. The molecular formula is C21H19N3O5. The lowest BCUT2D eigenvalue weighted by atomic mass is 9.62. The Morgan fingerprint density at radius 3 is 2.66 bits per heavy atom. The highest BCUT2D eigenvalue weighted by molar-refractivity contribution is 6.21. The summed E-state index contributed by atoms with van der Waals surface area (Å²) in [4.78, 5) is 39.5. The molecule has 29 heavy (non-hydrogen) atoms. The Bertz CT molecular complexity index is 1090. The van der Waals surface area contributed by atoms with Crippen LogP contribution in [0.3, 0.4) is 0 Å². The van der Waals surface area contributed by atoms with Crippen molar-refractivity contribution in [3.8, 4) is 6.07 Å². The number of carbonyl (C=O) groups excluding carboxylic acids is 2. The Morgan fingerprint density at radius 2 is 2.00 bits per heavy atom. The molecule has 0 radical (unpaired) electrons. The van der Waals surface area contributed by atoms with Gasteiger partial charge in [-0.1, -0.05) is 32.0 Å². The molecule has 4 rings (SSSR count). The molecule has 1 atom stereocenters. The Morgan fingerprint density at radius 1 is 1.31 bits per heavy atom. The number of fused-ring (bicyclic) bond motifs is 3. The number of carboxylic acids is 1. The van der Waals surface area contributed by atoms with Gasteiger partial charge in [0.1, 0.15) is 29.4 Å². The first-order chi connectivity index (χ1) is 13.6. The highest BCUT2D eigenvalue weighted by Gasteiger charge is 2.63. The van der Waals surface area contributed by atoms with Crippen LogP contribution in [0.15, 0.2) is 47.1 Å². The maximum absolute atomic E-state index is 13.7. The molecule has 2 heterocycles. The highest BCUT2D eigenvalue weighted by atomic mass is 16.5. The van der Waals surface area contributed by atoms with Crippen LogP contribution < -0.4 is 10.6 Å². The molecule has 1 amide bonds. The van der Waals surface area contributed by atoms with E-state index in [2.05, 4.69) is 0 Å². The minimum absolute atomic E-state index is 0.0907. The zero-order valence-electron chi connectivity index (χ0n) is 16.0. The van der Waals surface area contributed by atoms with E-state index in [9.17, 15) is 24.8 Å². The normalized spacial score (nSPS) is 24.9. The van der Waals surface area contributed by atoms with Gasteiger partial charge in [-0.15, -0.1) is 0 Å². The van der Waals surface area contributed by atoms with E-state index in [-0.39, 0.29) is 35.0 Å². The number of allylic oxidation sites excluding steroid dienone is 1. The molecule has 8 heteroatoms. The molecule has 1 aliphatic carbocycles. The van der Waals surface area contributed by atoms with Gasteiger partial charge in [-0.05, 0) is 11.5 Å². The Kier molecular flexibility index (Phi) is 3.84. The fraction of sp³-hybridized carbons (Fsp3) is 0.333. The lowest BCUT2D eigenvalue weighted by molar-refractivity contribution is -0.136. The molecule has 1 aromatic rings. The number of ether oxygens (including phenoxy) is 1. The molecule has 0 saturated heterocycles. The minimum atomic E-state index is -1.79. The summed E-state index contributed by atoms with van der Waals surface area (Å²) in [5, 5.41) is 19.2. The topological polar surface area (TPSA) is 134 Å². The van der Waals surface area contributed by atoms with E-state index >= 15 is 0 Å². The lowest BCUT2D eigenvalue weighted by Gasteiger charge is -2.41. The fourth-order valence-corrected chi connectivity index (χ4v) is 4.63. The van der Waals surface area contributed by atoms with Crippen molar-refractivity contribution in [1.82, 2.24) is 0 Å². The Hall–Kier alpha value is -3.60. The van der Waals surface area contributed by atoms with Crippen LogP contribution in [0.1, 0.15) is 32.3 Å². The number of rotatable bonds is 2. The van der Waals surface area contributed by atoms with Crippen LogP contribution in [0.5, 0.6) is 0 Å². The molecule has 2 aliphatic heterocycles. The molecule has 1 aromatic carbocycles. The average molecular weight is 393 g/mol. The average Bonchev–Trinajstić information content (AvgIpc) is 2.84. The molecular weight excluding hydrogens is 374 g/mol. The number of Topliss-reactive ketones (excluding diaryl/α,β-unsaturated/α-hetero) is 1. The quantitative estimate of drug-likeness (QED) is 0.781. The molecule has 8 nitrogen and oxygen atoms in total. The summed E-state index contributed by atoms with van der Waals surface area (Å²) in [5.74, 6) is -2.17. The number of aliphatic carboxylic acids is 1. The first-order valence-electron chi connectivity index (χ1n) is 9.12. The molecule has 3 N–H and O–H groups in total. The summed E-state index contributed by atoms with van der Waals surface area (Å²) in [6.07, 6.45) is 0.535. The number of para-hydroxylation sites is 1. The molecule has 148 valence electrons. The number of hydrogen-bond donors (Lipinski definition) is 2. The van der Waals surface area contributed by atoms with Gasteiger partial charge in [0.15, 0.2) is 5.78 Å². The van der Waals surface area contributed by atoms with Crippen LogP contribution in [0.4, 0.5) is 5.69 Å². The van der Waals surface area contributed by atoms with Crippen molar-refractivity contribution in [2.24, 2.45) is 11.1 Å². The van der Waals surface area contributed by atoms with E-state index in [1.54, 1.807) is 24.3 Å². The standard InChI is InChI=1S/C21H19N3O5/c1-20(2)7-14(25)17-15(8-20)29-18(23)12(9-22)21(17)11-5-3-4-6-13(11)24(19(21)28)10-16(26)27/h3-6H,7-8,10,23H2,1-2H3,(H,26,27)/t21-/m0/s1. The summed E-state index contributed by atoms with van der Waals surface area (Å²) in [6.45, 7) is 3.22. The Labute approximate surface area is 166 Å². The second-order valence-corrected chi connectivity index (χ2v) is 8.24. The molecule has 0 unspecified atom stereocenters. The predicted molar refractivity (Wildman–Crippen MR) is 101 cm³/mol. The summed E-state index contributed by atoms with van der Waals surface area (Å²) in [6, 6.07) is 8.53. The highest BCUT2D eigenvalue weighted by Crippen LogP contribution is 2.57. The number of carbonyl (C=O) groups is 3. The lowest BCUT2D eigenvalue weighted by Crippen LogP contribution is -2.51. The van der Waals surface area contributed by atoms with Crippen LogP contribution >= 0.6 is 0 Å². The first-order valence-corrected chi connectivity index (χ1v) is 9.12. The largest absolute Gasteiger partial charge is 0.480 e. The van der Waals surface area contributed by atoms with Crippen LogP contribution in [0.2, 0.25) is 0 Å². The molecule has 0 aromatic heterocycles. The van der Waals surface area contributed by atoms with Crippen LogP contribution in [0, 0.1) is 16.7 Å². The molecule has 0 saturated carbocycles.